The molecular weight excluding hydrogens is 1660 g/mol. The Hall–Kier alpha value is -12.6. The van der Waals surface area contributed by atoms with Crippen LogP contribution in [0.15, 0.2) is 264 Å². The van der Waals surface area contributed by atoms with Crippen molar-refractivity contribution in [2.45, 2.75) is 97.1 Å². The lowest BCUT2D eigenvalue weighted by atomic mass is 9.98. The fourth-order valence-corrected chi connectivity index (χ4v) is 22.5. The van der Waals surface area contributed by atoms with E-state index in [1.165, 1.54) is 69.4 Å². The Kier molecular flexibility index (Phi) is 24.6. The molecule has 4 N–H and O–H groups in total. The van der Waals surface area contributed by atoms with Gasteiger partial charge in [0.25, 0.3) is 0 Å². The van der Waals surface area contributed by atoms with Crippen molar-refractivity contribution in [1.82, 2.24) is 102 Å². The number of rotatable bonds is 20. The van der Waals surface area contributed by atoms with Gasteiger partial charge in [-0.3, -0.25) is 44.1 Å². The number of halogens is 2. The van der Waals surface area contributed by atoms with Crippen molar-refractivity contribution in [3.63, 3.8) is 0 Å². The zero-order chi connectivity index (χ0) is 85.5. The number of hydrogen-bond acceptors (Lipinski definition) is 18. The summed E-state index contributed by atoms with van der Waals surface area (Å²) < 4.78 is 143. The van der Waals surface area contributed by atoms with Crippen LogP contribution in [0.5, 0.6) is 0 Å². The molecular formula is C88H88F2N22O8S4. The summed E-state index contributed by atoms with van der Waals surface area (Å²) in [4.78, 5) is 4.59. The number of nitrogens with zero attached hydrogens (tertiary/aromatic N) is 18. The van der Waals surface area contributed by atoms with Crippen LogP contribution in [-0.2, 0) is 66.3 Å². The number of piperidine rings is 4. The molecule has 13 heterocycles. The third-order valence-corrected chi connectivity index (χ3v) is 31.3. The average molecular weight is 1750 g/mol. The highest BCUT2D eigenvalue weighted by atomic mass is 32.2. The molecule has 0 spiro atoms. The van der Waals surface area contributed by atoms with E-state index >= 15 is 0 Å². The highest BCUT2D eigenvalue weighted by molar-refractivity contribution is 7.90. The van der Waals surface area contributed by atoms with Crippen LogP contribution in [0.2, 0.25) is 0 Å². The van der Waals surface area contributed by atoms with Crippen LogP contribution in [0.3, 0.4) is 0 Å². The molecule has 636 valence electrons. The second-order valence-corrected chi connectivity index (χ2v) is 39.2. The quantitative estimate of drug-likeness (QED) is 0.0550. The highest BCUT2D eigenvalue weighted by Crippen LogP contribution is 2.35. The van der Waals surface area contributed by atoms with Crippen molar-refractivity contribution in [3.8, 4) is 50.6 Å². The van der Waals surface area contributed by atoms with Gasteiger partial charge in [0.05, 0.1) is 98.0 Å². The summed E-state index contributed by atoms with van der Waals surface area (Å²) >= 11 is 0. The van der Waals surface area contributed by atoms with Gasteiger partial charge in [-0.05, 0) is 225 Å². The predicted octanol–water partition coefficient (Wildman–Crippen LogP) is 13.7. The second kappa shape index (κ2) is 36.4. The largest absolute Gasteiger partial charge is 0.285 e. The van der Waals surface area contributed by atoms with Gasteiger partial charge in [0.2, 0.25) is 40.1 Å². The van der Waals surface area contributed by atoms with E-state index < -0.39 is 51.7 Å². The summed E-state index contributed by atoms with van der Waals surface area (Å²) in [6.45, 7) is 6.80. The highest BCUT2D eigenvalue weighted by Gasteiger charge is 2.35. The van der Waals surface area contributed by atoms with Gasteiger partial charge < -0.3 is 0 Å². The molecule has 0 radical (unpaired) electrons. The molecule has 36 heteroatoms. The minimum atomic E-state index is -3.67. The average Bonchev–Trinajstić information content (AvgIpc) is 1.36. The van der Waals surface area contributed by atoms with Crippen LogP contribution in [-0.4, -0.2) is 188 Å². The Balaban J connectivity index is 0.000000117. The molecule has 0 saturated carbocycles. The molecule has 30 nitrogen and oxygen atoms in total. The lowest BCUT2D eigenvalue weighted by Crippen LogP contribution is -2.39. The van der Waals surface area contributed by atoms with Gasteiger partial charge in [0.1, 0.15) is 16.5 Å². The molecule has 0 atom stereocenters. The first-order chi connectivity index (χ1) is 60.2. The van der Waals surface area contributed by atoms with Gasteiger partial charge >= 0.3 is 0 Å². The lowest BCUT2D eigenvalue weighted by molar-refractivity contribution is 0.249. The zero-order valence-electron chi connectivity index (χ0n) is 67.3. The number of pyridine rings is 1. The number of hydrogen-bond donors (Lipinski definition) is 4. The number of fused-ring (bicyclic) bond motifs is 4. The molecule has 0 amide bonds. The van der Waals surface area contributed by atoms with Gasteiger partial charge in [-0.25, -0.2) is 42.5 Å². The molecule has 0 bridgehead atoms. The first kappa shape index (κ1) is 83.7. The summed E-state index contributed by atoms with van der Waals surface area (Å²) in [6, 6.07) is 46.5. The summed E-state index contributed by atoms with van der Waals surface area (Å²) in [5.41, 5.74) is 13.2. The Morgan fingerprint density at radius 1 is 0.323 bits per heavy atom. The van der Waals surface area contributed by atoms with E-state index in [9.17, 15) is 42.5 Å². The molecule has 4 aliphatic heterocycles. The molecule has 4 fully saturated rings. The molecule has 16 aromatic rings. The van der Waals surface area contributed by atoms with Crippen LogP contribution < -0.4 is 0 Å². The maximum Gasteiger partial charge on any atom is 0.244 e. The van der Waals surface area contributed by atoms with E-state index in [0.717, 1.165) is 172 Å². The number of aromatic amines is 4. The van der Waals surface area contributed by atoms with Crippen LogP contribution in [0.1, 0.15) is 56.9 Å². The second-order valence-electron chi connectivity index (χ2n) is 31.5. The van der Waals surface area contributed by atoms with Crippen LogP contribution in [0, 0.1) is 46.6 Å². The minimum absolute atomic E-state index is 0.0115. The van der Waals surface area contributed by atoms with E-state index in [2.05, 4.69) is 139 Å². The molecule has 7 aromatic carbocycles. The SMILES string of the molecule is N#Cc1ccc(S(=O)(=O)N2CCC(Cn3ncc4cc(-c5cn[nH]c5)ccc43)CC2)cc1.O=S(=O)(c1ccc(F)cc1)N1CCC(Cn2ncc3cc(-c4cn[nH]c4)ccc32)CC1.O=S(=O)(c1cccc(F)c1)N1CCC(Cn2ncc3cc(-c4cn[nH]c4)ccc32)CC1.O=S(=O)(c1cccnc1)N1CCC(Cn2ncc3cc(-c4cn[nH]c4)ccc32)CC1. The number of benzene rings is 7. The molecule has 124 heavy (non-hydrogen) atoms. The topological polar surface area (TPSA) is 372 Å². The van der Waals surface area contributed by atoms with Gasteiger partial charge in [0.15, 0.2) is 0 Å². The van der Waals surface area contributed by atoms with Crippen molar-refractivity contribution >= 4 is 83.7 Å². The molecule has 0 unspecified atom stereocenters. The van der Waals surface area contributed by atoms with Crippen LogP contribution in [0.4, 0.5) is 8.78 Å². The molecule has 9 aromatic heterocycles. The summed E-state index contributed by atoms with van der Waals surface area (Å²) in [6.07, 6.45) is 31.3. The van der Waals surface area contributed by atoms with Gasteiger partial charge in [0, 0.05) is 160 Å². The van der Waals surface area contributed by atoms with Crippen LogP contribution >= 0.6 is 0 Å². The van der Waals surface area contributed by atoms with Crippen molar-refractivity contribution in [3.05, 3.63) is 262 Å². The molecule has 20 rings (SSSR count). The summed E-state index contributed by atoms with van der Waals surface area (Å²) in [5.74, 6) is 0.437. The van der Waals surface area contributed by atoms with Crippen LogP contribution in [0.25, 0.3) is 88.1 Å². The number of aromatic nitrogens is 17. The zero-order valence-corrected chi connectivity index (χ0v) is 70.5. The van der Waals surface area contributed by atoms with E-state index in [-0.39, 0.29) is 19.6 Å². The fourth-order valence-electron chi connectivity index (χ4n) is 16.6. The molecule has 4 saturated heterocycles. The first-order valence-corrected chi connectivity index (χ1v) is 46.6. The van der Waals surface area contributed by atoms with Gasteiger partial charge in [-0.2, -0.15) is 63.3 Å². The van der Waals surface area contributed by atoms with Gasteiger partial charge in [-0.15, -0.1) is 0 Å². The monoisotopic (exact) mass is 1750 g/mol. The maximum absolute atomic E-state index is 13.5. The molecule has 0 aliphatic carbocycles. The third kappa shape index (κ3) is 18.5. The summed E-state index contributed by atoms with van der Waals surface area (Å²) in [5, 5.41) is 58.8. The smallest absolute Gasteiger partial charge is 0.244 e. The van der Waals surface area contributed by atoms with Crippen molar-refractivity contribution < 1.29 is 42.5 Å². The third-order valence-electron chi connectivity index (χ3n) is 23.7. The van der Waals surface area contributed by atoms with E-state index in [1.807, 2.05) is 74.4 Å². The fraction of sp³-hybridized carbons (Fsp3) is 0.273. The van der Waals surface area contributed by atoms with Gasteiger partial charge in [-0.1, -0.05) is 30.3 Å². The van der Waals surface area contributed by atoms with E-state index in [4.69, 9.17) is 5.26 Å². The Morgan fingerprint density at radius 3 is 0.919 bits per heavy atom. The maximum atomic E-state index is 13.5. The first-order valence-electron chi connectivity index (χ1n) is 40.9. The molecule has 4 aliphatic rings. The number of sulfonamides is 4. The lowest BCUT2D eigenvalue weighted by Gasteiger charge is -2.31. The summed E-state index contributed by atoms with van der Waals surface area (Å²) in [7, 11) is -14.3. The van der Waals surface area contributed by atoms with E-state index in [0.29, 0.717) is 81.6 Å². The number of H-pyrrole nitrogens is 4. The Bertz CT molecular complexity index is 6880. The predicted molar refractivity (Wildman–Crippen MR) is 463 cm³/mol. The number of nitriles is 1. The van der Waals surface area contributed by atoms with Crippen molar-refractivity contribution in [2.75, 3.05) is 52.4 Å². The standard InChI is InChI=1S/C23H22N6O2S.2C22H22FN5O2S.C21H22N6O2S/c24-12-17-1-4-22(5-2-17)32(30,31)28-9-7-18(8-10-28)16-29-23-6-3-19(11-20(23)15-27-29)21-13-25-26-14-21;23-20-2-4-21(5-3-20)31(29,30)27-9-7-16(8-10-27)15-28-22-6-1-17(11-18(22)14-26-28)19-12-24-25-13-19;23-20-2-1-3-21(11-20)31(29,30)27-8-6-16(7-9-27)15-28-22-5-4-17(10-18(22)14-26-28)19-12-24-25-13-19;28-30(29,20-2-1-7-22-14-20)26-8-5-16(6-9-26)15-27-21-4-3-17(10-18(21)13-25-27)19-11-23-24-12-19/h1-6,11,13-15,18H,7-10,16H2,(H,25,26);1-6,11-14,16H,7-10,15H2,(H,24,25);1-5,10-14,16H,6-9,15H2,(H,24,25);1-4,7,10-14,16H,5-6,8-9,15H2,(H,23,24). The minimum Gasteiger partial charge on any atom is -0.285 e. The van der Waals surface area contributed by atoms with Crippen molar-refractivity contribution in [2.24, 2.45) is 23.7 Å². The Morgan fingerprint density at radius 2 is 0.629 bits per heavy atom. The number of nitrogens with one attached hydrogen (secondary N) is 4. The van der Waals surface area contributed by atoms with Crippen molar-refractivity contribution in [1.29, 1.82) is 5.26 Å². The van der Waals surface area contributed by atoms with E-state index in [1.54, 1.807) is 63.9 Å². The normalized spacial score (nSPS) is 16.1. The Labute approximate surface area is 714 Å².